The zero-order valence-corrected chi connectivity index (χ0v) is 23.6. The van der Waals surface area contributed by atoms with E-state index in [-0.39, 0.29) is 23.9 Å². The van der Waals surface area contributed by atoms with Crippen molar-refractivity contribution in [1.29, 1.82) is 0 Å². The summed E-state index contributed by atoms with van der Waals surface area (Å²) in [6.07, 6.45) is 3.06. The number of anilines is 1. The minimum atomic E-state index is -3.91. The molecule has 2 aromatic carbocycles. The van der Waals surface area contributed by atoms with Gasteiger partial charge in [0.1, 0.15) is 24.1 Å². The van der Waals surface area contributed by atoms with E-state index in [1.165, 1.54) is 31.3 Å². The van der Waals surface area contributed by atoms with Crippen LogP contribution in [0.4, 0.5) is 5.69 Å². The van der Waals surface area contributed by atoms with Gasteiger partial charge in [0.25, 0.3) is 0 Å². The first-order valence-electron chi connectivity index (χ1n) is 12.1. The topological polar surface area (TPSA) is 105 Å². The Morgan fingerprint density at radius 2 is 1.78 bits per heavy atom. The molecule has 1 atom stereocenters. The van der Waals surface area contributed by atoms with E-state index < -0.39 is 28.5 Å². The molecule has 0 saturated carbocycles. The van der Waals surface area contributed by atoms with Gasteiger partial charge in [-0.1, -0.05) is 50.1 Å². The molecule has 1 N–H and O–H groups in total. The van der Waals surface area contributed by atoms with Gasteiger partial charge in [-0.2, -0.15) is 0 Å². The van der Waals surface area contributed by atoms with Crippen molar-refractivity contribution in [2.24, 2.45) is 0 Å². The van der Waals surface area contributed by atoms with Gasteiger partial charge in [0.05, 0.1) is 26.2 Å². The molecule has 0 fully saturated rings. The molecule has 9 nitrogen and oxygen atoms in total. The molecule has 0 bridgehead atoms. The molecule has 2 aromatic rings. The number of unbranched alkanes of at least 4 members (excludes halogenated alkanes) is 1. The molecule has 0 heterocycles. The average molecular weight is 554 g/mol. The van der Waals surface area contributed by atoms with E-state index in [0.29, 0.717) is 29.3 Å². The molecule has 0 spiro atoms. The molecule has 2 rings (SSSR count). The summed E-state index contributed by atoms with van der Waals surface area (Å²) in [5, 5.41) is 3.33. The van der Waals surface area contributed by atoms with Crippen LogP contribution < -0.4 is 19.1 Å². The van der Waals surface area contributed by atoms with E-state index in [4.69, 9.17) is 21.1 Å². The minimum Gasteiger partial charge on any atom is -0.497 e. The van der Waals surface area contributed by atoms with E-state index in [1.807, 2.05) is 6.92 Å². The quantitative estimate of drug-likeness (QED) is 0.356. The van der Waals surface area contributed by atoms with Crippen molar-refractivity contribution in [3.63, 3.8) is 0 Å². The first-order chi connectivity index (χ1) is 17.6. The zero-order valence-electron chi connectivity index (χ0n) is 22.0. The number of methoxy groups -OCH3 is 2. The highest BCUT2D eigenvalue weighted by molar-refractivity contribution is 7.92. The lowest BCUT2D eigenvalue weighted by Gasteiger charge is -2.33. The second kappa shape index (κ2) is 14.1. The number of hydrogen-bond donors (Lipinski definition) is 1. The van der Waals surface area contributed by atoms with Crippen molar-refractivity contribution < 1.29 is 27.5 Å². The number of carbonyl (C=O) groups is 2. The monoisotopic (exact) mass is 553 g/mol. The number of benzene rings is 2. The second-order valence-electron chi connectivity index (χ2n) is 8.49. The maximum atomic E-state index is 13.8. The fraction of sp³-hybridized carbons (Fsp3) is 0.462. The Morgan fingerprint density at radius 3 is 2.35 bits per heavy atom. The summed E-state index contributed by atoms with van der Waals surface area (Å²) in [5.74, 6) is -0.167. The van der Waals surface area contributed by atoms with E-state index >= 15 is 0 Å². The Balaban J connectivity index is 2.49. The third-order valence-electron chi connectivity index (χ3n) is 5.85. The van der Waals surface area contributed by atoms with Gasteiger partial charge < -0.3 is 19.7 Å². The highest BCUT2D eigenvalue weighted by Crippen LogP contribution is 2.34. The minimum absolute atomic E-state index is 0.0373. The average Bonchev–Trinajstić information content (AvgIpc) is 2.87. The number of carbonyl (C=O) groups excluding carboxylic acids is 2. The van der Waals surface area contributed by atoms with Crippen LogP contribution in [0.5, 0.6) is 11.5 Å². The van der Waals surface area contributed by atoms with Crippen LogP contribution >= 0.6 is 11.6 Å². The molecule has 0 aliphatic heterocycles. The molecular weight excluding hydrogens is 518 g/mol. The first-order valence-corrected chi connectivity index (χ1v) is 14.3. The maximum absolute atomic E-state index is 13.8. The number of rotatable bonds is 14. The lowest BCUT2D eigenvalue weighted by molar-refractivity contribution is -0.140. The Labute approximate surface area is 224 Å². The van der Waals surface area contributed by atoms with Crippen LogP contribution in [0.2, 0.25) is 5.02 Å². The fourth-order valence-corrected chi connectivity index (χ4v) is 4.87. The third kappa shape index (κ3) is 8.26. The number of nitrogens with one attached hydrogen (secondary N) is 1. The molecule has 0 unspecified atom stereocenters. The predicted molar refractivity (Wildman–Crippen MR) is 146 cm³/mol. The molecular formula is C26H36ClN3O6S. The van der Waals surface area contributed by atoms with Crippen molar-refractivity contribution in [2.45, 2.75) is 45.7 Å². The molecule has 0 aliphatic rings. The van der Waals surface area contributed by atoms with Crippen molar-refractivity contribution in [3.8, 4) is 11.5 Å². The molecule has 204 valence electrons. The van der Waals surface area contributed by atoms with Crippen LogP contribution in [0, 0.1) is 0 Å². The number of ether oxygens (including phenoxy) is 2. The zero-order chi connectivity index (χ0) is 27.6. The number of nitrogens with zero attached hydrogens (tertiary/aromatic N) is 2. The van der Waals surface area contributed by atoms with Gasteiger partial charge in [0.2, 0.25) is 21.8 Å². The van der Waals surface area contributed by atoms with Gasteiger partial charge in [-0.25, -0.2) is 8.42 Å². The highest BCUT2D eigenvalue weighted by atomic mass is 35.5. The summed E-state index contributed by atoms with van der Waals surface area (Å²) in [6.45, 7) is 3.81. The molecule has 0 aliphatic carbocycles. The summed E-state index contributed by atoms with van der Waals surface area (Å²) in [6, 6.07) is 10.8. The van der Waals surface area contributed by atoms with Gasteiger partial charge in [-0.05, 0) is 36.6 Å². The van der Waals surface area contributed by atoms with Crippen molar-refractivity contribution in [3.05, 3.63) is 53.1 Å². The molecule has 2 amide bonds. The van der Waals surface area contributed by atoms with Gasteiger partial charge in [0.15, 0.2) is 0 Å². The van der Waals surface area contributed by atoms with Crippen LogP contribution in [-0.4, -0.2) is 64.7 Å². The van der Waals surface area contributed by atoms with Gasteiger partial charge in [0, 0.05) is 24.2 Å². The SMILES string of the molecule is CCCCNC(=O)[C@@H](CC)N(Cc1ccccc1Cl)C(=O)CN(c1ccc(OC)cc1OC)S(C)(=O)=O. The molecule has 11 heteroatoms. The Morgan fingerprint density at radius 1 is 1.08 bits per heavy atom. The summed E-state index contributed by atoms with van der Waals surface area (Å²) >= 11 is 6.37. The molecule has 37 heavy (non-hydrogen) atoms. The summed E-state index contributed by atoms with van der Waals surface area (Å²) in [7, 11) is -1.03. The molecule has 0 radical (unpaired) electrons. The van der Waals surface area contributed by atoms with E-state index in [1.54, 1.807) is 37.3 Å². The van der Waals surface area contributed by atoms with Crippen LogP contribution in [0.25, 0.3) is 0 Å². The normalized spacial score (nSPS) is 11.9. The van der Waals surface area contributed by atoms with E-state index in [0.717, 1.165) is 23.4 Å². The van der Waals surface area contributed by atoms with Crippen LogP contribution in [-0.2, 0) is 26.2 Å². The second-order valence-corrected chi connectivity index (χ2v) is 10.8. The lowest BCUT2D eigenvalue weighted by Crippen LogP contribution is -2.52. The standard InChI is InChI=1S/C26H36ClN3O6S/c1-6-8-15-28-26(32)22(7-2)29(17-19-11-9-10-12-21(19)27)25(31)18-30(37(5,33)34)23-14-13-20(35-3)16-24(23)36-4/h9-14,16,22H,6-8,15,17-18H2,1-5H3,(H,28,32)/t22-/m1/s1. The van der Waals surface area contributed by atoms with E-state index in [2.05, 4.69) is 5.32 Å². The van der Waals surface area contributed by atoms with Crippen molar-refractivity contribution >= 4 is 39.1 Å². The largest absolute Gasteiger partial charge is 0.497 e. The summed E-state index contributed by atoms with van der Waals surface area (Å²) in [5.41, 5.74) is 0.822. The number of hydrogen-bond acceptors (Lipinski definition) is 6. The lowest BCUT2D eigenvalue weighted by atomic mass is 10.1. The fourth-order valence-electron chi connectivity index (χ4n) is 3.82. The Hall–Kier alpha value is -2.98. The summed E-state index contributed by atoms with van der Waals surface area (Å²) < 4.78 is 37.2. The maximum Gasteiger partial charge on any atom is 0.244 e. The molecule has 0 saturated heterocycles. The number of amides is 2. The number of halogens is 1. The van der Waals surface area contributed by atoms with Crippen molar-refractivity contribution in [1.82, 2.24) is 10.2 Å². The smallest absolute Gasteiger partial charge is 0.244 e. The van der Waals surface area contributed by atoms with Gasteiger partial charge >= 0.3 is 0 Å². The predicted octanol–water partition coefficient (Wildman–Crippen LogP) is 3.85. The summed E-state index contributed by atoms with van der Waals surface area (Å²) in [4.78, 5) is 28.3. The van der Waals surface area contributed by atoms with Gasteiger partial charge in [-0.15, -0.1) is 0 Å². The van der Waals surface area contributed by atoms with E-state index in [9.17, 15) is 18.0 Å². The van der Waals surface area contributed by atoms with Crippen LogP contribution in [0.15, 0.2) is 42.5 Å². The van der Waals surface area contributed by atoms with Crippen LogP contribution in [0.1, 0.15) is 38.7 Å². The highest BCUT2D eigenvalue weighted by Gasteiger charge is 2.32. The Kier molecular flexibility index (Phi) is 11.5. The van der Waals surface area contributed by atoms with Crippen LogP contribution in [0.3, 0.4) is 0 Å². The van der Waals surface area contributed by atoms with Gasteiger partial charge in [-0.3, -0.25) is 13.9 Å². The molecule has 0 aromatic heterocycles. The number of sulfonamides is 1. The Bertz CT molecular complexity index is 1170. The third-order valence-corrected chi connectivity index (χ3v) is 7.34. The van der Waals surface area contributed by atoms with Crippen molar-refractivity contribution in [2.75, 3.05) is 37.9 Å². The first kappa shape index (κ1) is 30.2.